The normalized spacial score (nSPS) is 11.2. The molecule has 20 heavy (non-hydrogen) atoms. The molecular formula is C15H14O4S. The van der Waals surface area contributed by atoms with Gasteiger partial charge >= 0.3 is 5.97 Å². The fraction of sp³-hybridized carbons (Fsp3) is 0.133. The maximum atomic E-state index is 11.7. The lowest BCUT2D eigenvalue weighted by Crippen LogP contribution is -2.15. The second-order valence-corrected chi connectivity index (χ2v) is 6.45. The van der Waals surface area contributed by atoms with Gasteiger partial charge < -0.3 is 5.11 Å². The molecule has 0 atom stereocenters. The maximum Gasteiger partial charge on any atom is 0.319 e. The summed E-state index contributed by atoms with van der Waals surface area (Å²) in [4.78, 5) is 10.6. The lowest BCUT2D eigenvalue weighted by molar-refractivity contribution is -0.134. The van der Waals surface area contributed by atoms with Crippen LogP contribution < -0.4 is 0 Å². The minimum Gasteiger partial charge on any atom is -0.480 e. The Morgan fingerprint density at radius 1 is 0.900 bits per heavy atom. The number of benzene rings is 2. The molecule has 0 aliphatic heterocycles. The Hall–Kier alpha value is -2.14. The Morgan fingerprint density at radius 3 is 2.00 bits per heavy atom. The molecule has 2 aromatic rings. The highest BCUT2D eigenvalue weighted by atomic mass is 32.2. The lowest BCUT2D eigenvalue weighted by Gasteiger charge is -2.05. The quantitative estimate of drug-likeness (QED) is 0.915. The first kappa shape index (κ1) is 14.3. The molecule has 2 aromatic carbocycles. The Balaban J connectivity index is 2.16. The van der Waals surface area contributed by atoms with E-state index in [2.05, 4.69) is 0 Å². The predicted octanol–water partition coefficient (Wildman–Crippen LogP) is 2.14. The van der Waals surface area contributed by atoms with Crippen molar-refractivity contribution in [2.75, 3.05) is 5.75 Å². The van der Waals surface area contributed by atoms with E-state index >= 15 is 0 Å². The number of carbonyl (C=O) groups is 1. The highest BCUT2D eigenvalue weighted by Crippen LogP contribution is 2.15. The summed E-state index contributed by atoms with van der Waals surface area (Å²) in [5.41, 5.74) is 2.11. The SMILES string of the molecule is O=C(O)CS(=O)(=O)c1ccc(Cc2ccccc2)cc1. The molecule has 0 heterocycles. The number of aliphatic carboxylic acids is 1. The summed E-state index contributed by atoms with van der Waals surface area (Å²) in [6, 6.07) is 16.1. The Bertz CT molecular complexity index is 688. The summed E-state index contributed by atoms with van der Waals surface area (Å²) in [5.74, 6) is -2.23. The first-order valence-electron chi connectivity index (χ1n) is 6.05. The largest absolute Gasteiger partial charge is 0.480 e. The van der Waals surface area contributed by atoms with Crippen molar-refractivity contribution in [3.63, 3.8) is 0 Å². The molecule has 2 rings (SSSR count). The third-order valence-corrected chi connectivity index (χ3v) is 4.46. The van der Waals surface area contributed by atoms with Crippen LogP contribution in [-0.2, 0) is 21.1 Å². The number of carboxylic acids is 1. The van der Waals surface area contributed by atoms with E-state index in [1.54, 1.807) is 12.1 Å². The van der Waals surface area contributed by atoms with Crippen LogP contribution in [0.4, 0.5) is 0 Å². The minimum absolute atomic E-state index is 0.0386. The van der Waals surface area contributed by atoms with Crippen molar-refractivity contribution in [1.82, 2.24) is 0 Å². The second-order valence-electron chi connectivity index (χ2n) is 4.46. The summed E-state index contributed by atoms with van der Waals surface area (Å²) in [7, 11) is -3.75. The molecule has 0 unspecified atom stereocenters. The first-order chi connectivity index (χ1) is 9.47. The number of hydrogen-bond acceptors (Lipinski definition) is 3. The Morgan fingerprint density at radius 2 is 1.45 bits per heavy atom. The smallest absolute Gasteiger partial charge is 0.319 e. The van der Waals surface area contributed by atoms with Crippen molar-refractivity contribution in [2.45, 2.75) is 11.3 Å². The molecule has 0 fully saturated rings. The zero-order valence-electron chi connectivity index (χ0n) is 10.7. The molecule has 0 saturated heterocycles. The van der Waals surface area contributed by atoms with Crippen molar-refractivity contribution in [3.8, 4) is 0 Å². The Kier molecular flexibility index (Phi) is 4.20. The summed E-state index contributed by atoms with van der Waals surface area (Å²) in [6.45, 7) is 0. The topological polar surface area (TPSA) is 71.4 Å². The van der Waals surface area contributed by atoms with Gasteiger partial charge in [-0.3, -0.25) is 4.79 Å². The monoisotopic (exact) mass is 290 g/mol. The summed E-state index contributed by atoms with van der Waals surface area (Å²) < 4.78 is 23.5. The van der Waals surface area contributed by atoms with Gasteiger partial charge in [0.2, 0.25) is 0 Å². The van der Waals surface area contributed by atoms with Crippen LogP contribution in [0.5, 0.6) is 0 Å². The third-order valence-electron chi connectivity index (χ3n) is 2.85. The van der Waals surface area contributed by atoms with E-state index in [1.165, 1.54) is 12.1 Å². The summed E-state index contributed by atoms with van der Waals surface area (Å²) in [5, 5.41) is 8.58. The molecule has 0 aliphatic rings. The molecule has 1 N–H and O–H groups in total. The molecule has 5 heteroatoms. The molecule has 0 aliphatic carbocycles. The molecule has 0 aromatic heterocycles. The van der Waals surface area contributed by atoms with Crippen LogP contribution in [0.15, 0.2) is 59.5 Å². The van der Waals surface area contributed by atoms with Gasteiger partial charge in [0, 0.05) is 0 Å². The van der Waals surface area contributed by atoms with Crippen LogP contribution in [-0.4, -0.2) is 25.2 Å². The van der Waals surface area contributed by atoms with Gasteiger partial charge in [0.1, 0.15) is 0 Å². The number of hydrogen-bond donors (Lipinski definition) is 1. The summed E-state index contributed by atoms with van der Waals surface area (Å²) >= 11 is 0. The van der Waals surface area contributed by atoms with Gasteiger partial charge in [0.05, 0.1) is 4.90 Å². The van der Waals surface area contributed by atoms with Gasteiger partial charge in [-0.1, -0.05) is 42.5 Å². The van der Waals surface area contributed by atoms with Crippen LogP contribution in [0.2, 0.25) is 0 Å². The first-order valence-corrected chi connectivity index (χ1v) is 7.70. The fourth-order valence-corrected chi connectivity index (χ4v) is 2.93. The van der Waals surface area contributed by atoms with Crippen LogP contribution in [0, 0.1) is 0 Å². The maximum absolute atomic E-state index is 11.7. The molecule has 0 radical (unpaired) electrons. The van der Waals surface area contributed by atoms with E-state index in [0.29, 0.717) is 6.42 Å². The molecule has 0 bridgehead atoms. The van der Waals surface area contributed by atoms with Gasteiger partial charge in [0.25, 0.3) is 0 Å². The molecule has 4 nitrogen and oxygen atoms in total. The number of rotatable bonds is 5. The van der Waals surface area contributed by atoms with Crippen molar-refractivity contribution >= 4 is 15.8 Å². The van der Waals surface area contributed by atoms with E-state index in [9.17, 15) is 13.2 Å². The van der Waals surface area contributed by atoms with E-state index in [-0.39, 0.29) is 4.90 Å². The third kappa shape index (κ3) is 3.68. The van der Waals surface area contributed by atoms with Crippen LogP contribution in [0.3, 0.4) is 0 Å². The molecule has 104 valence electrons. The zero-order chi connectivity index (χ0) is 14.6. The predicted molar refractivity (Wildman–Crippen MR) is 75.4 cm³/mol. The van der Waals surface area contributed by atoms with E-state index < -0.39 is 21.6 Å². The fourth-order valence-electron chi connectivity index (χ4n) is 1.89. The Labute approximate surface area is 117 Å². The van der Waals surface area contributed by atoms with Gasteiger partial charge in [-0.05, 0) is 29.7 Å². The van der Waals surface area contributed by atoms with Gasteiger partial charge in [-0.25, -0.2) is 8.42 Å². The van der Waals surface area contributed by atoms with E-state index in [0.717, 1.165) is 11.1 Å². The van der Waals surface area contributed by atoms with Crippen LogP contribution >= 0.6 is 0 Å². The van der Waals surface area contributed by atoms with Crippen molar-refractivity contribution in [1.29, 1.82) is 0 Å². The van der Waals surface area contributed by atoms with Gasteiger partial charge in [-0.15, -0.1) is 0 Å². The number of sulfone groups is 1. The minimum atomic E-state index is -3.75. The van der Waals surface area contributed by atoms with Crippen molar-refractivity contribution < 1.29 is 18.3 Å². The molecular weight excluding hydrogens is 276 g/mol. The van der Waals surface area contributed by atoms with Gasteiger partial charge in [0.15, 0.2) is 15.6 Å². The van der Waals surface area contributed by atoms with Gasteiger partial charge in [-0.2, -0.15) is 0 Å². The molecule has 0 amide bonds. The second kappa shape index (κ2) is 5.88. The zero-order valence-corrected chi connectivity index (χ0v) is 11.5. The van der Waals surface area contributed by atoms with Crippen LogP contribution in [0.25, 0.3) is 0 Å². The average molecular weight is 290 g/mol. The van der Waals surface area contributed by atoms with Crippen LogP contribution in [0.1, 0.15) is 11.1 Å². The highest BCUT2D eigenvalue weighted by molar-refractivity contribution is 7.92. The lowest BCUT2D eigenvalue weighted by atomic mass is 10.1. The van der Waals surface area contributed by atoms with Crippen molar-refractivity contribution in [3.05, 3.63) is 65.7 Å². The van der Waals surface area contributed by atoms with Crippen molar-refractivity contribution in [2.24, 2.45) is 0 Å². The standard InChI is InChI=1S/C15H14O4S/c16-15(17)11-20(18,19)14-8-6-13(7-9-14)10-12-4-2-1-3-5-12/h1-9H,10-11H2,(H,16,17). The highest BCUT2D eigenvalue weighted by Gasteiger charge is 2.18. The summed E-state index contributed by atoms with van der Waals surface area (Å²) in [6.07, 6.45) is 0.708. The number of carboxylic acid groups (broad SMARTS) is 1. The van der Waals surface area contributed by atoms with E-state index in [1.807, 2.05) is 30.3 Å². The molecule has 0 spiro atoms. The average Bonchev–Trinajstić information content (AvgIpc) is 2.39. The van der Waals surface area contributed by atoms with E-state index in [4.69, 9.17) is 5.11 Å². The molecule has 0 saturated carbocycles.